The number of rotatable bonds is 15. The van der Waals surface area contributed by atoms with Gasteiger partial charge in [-0.15, -0.1) is 0 Å². The van der Waals surface area contributed by atoms with Crippen molar-refractivity contribution in [2.24, 2.45) is 0 Å². The highest BCUT2D eigenvalue weighted by molar-refractivity contribution is 7.86. The highest BCUT2D eigenvalue weighted by Crippen LogP contribution is 2.31. The number of aromatic nitrogens is 4. The van der Waals surface area contributed by atoms with Crippen LogP contribution in [0.25, 0.3) is 12.2 Å². The van der Waals surface area contributed by atoms with Gasteiger partial charge >= 0.3 is 0 Å². The molecule has 60 heavy (non-hydrogen) atoms. The Labute approximate surface area is 345 Å². The molecule has 0 atom stereocenters. The Kier molecular flexibility index (Phi) is 11.7. The summed E-state index contributed by atoms with van der Waals surface area (Å²) in [6, 6.07) is 51.6. The van der Waals surface area contributed by atoms with Crippen LogP contribution in [0, 0.1) is 0 Å². The molecule has 0 aliphatic rings. The summed E-state index contributed by atoms with van der Waals surface area (Å²) in [5.41, 5.74) is 1.95. The van der Waals surface area contributed by atoms with Crippen molar-refractivity contribution < 1.29 is 31.9 Å². The fourth-order valence-corrected chi connectivity index (χ4v) is 6.37. The molecule has 0 saturated heterocycles. The van der Waals surface area contributed by atoms with Gasteiger partial charge in [0.15, 0.2) is 0 Å². The molecule has 2 aromatic heterocycles. The summed E-state index contributed by atoms with van der Waals surface area (Å²) in [5.74, 6) is 3.51. The Morgan fingerprint density at radius 3 is 1.18 bits per heavy atom. The van der Waals surface area contributed by atoms with E-state index in [-0.39, 0.29) is 51.6 Å². The third kappa shape index (κ3) is 10.7. The molecular weight excluding hydrogens is 781 g/mol. The van der Waals surface area contributed by atoms with Crippen LogP contribution in [0.5, 0.6) is 46.5 Å². The molecule has 0 fully saturated rings. The molecular formula is C46H34N6O7S. The molecule has 0 bridgehead atoms. The Hall–Kier alpha value is -8.07. The minimum absolute atomic E-state index is 0.0634. The highest BCUT2D eigenvalue weighted by atomic mass is 32.2. The van der Waals surface area contributed by atoms with Crippen molar-refractivity contribution >= 4 is 45.5 Å². The number of hydrogen-bond acceptors (Lipinski definition) is 12. The van der Waals surface area contributed by atoms with E-state index in [4.69, 9.17) is 18.9 Å². The van der Waals surface area contributed by atoms with E-state index in [1.54, 1.807) is 54.6 Å². The van der Waals surface area contributed by atoms with Crippen LogP contribution in [-0.4, -0.2) is 32.9 Å². The van der Waals surface area contributed by atoms with Gasteiger partial charge in [-0.1, -0.05) is 103 Å². The minimum atomic E-state index is -4.66. The van der Waals surface area contributed by atoms with Gasteiger partial charge in [-0.05, 0) is 83.9 Å². The second-order valence-electron chi connectivity index (χ2n) is 12.8. The van der Waals surface area contributed by atoms with Crippen molar-refractivity contribution in [3.05, 3.63) is 187 Å². The van der Waals surface area contributed by atoms with E-state index in [1.165, 1.54) is 12.1 Å². The zero-order chi connectivity index (χ0) is 41.2. The fraction of sp³-hybridized carbons (Fsp3) is 0. The maximum absolute atomic E-state index is 12.6. The maximum Gasteiger partial charge on any atom is 0.295 e. The van der Waals surface area contributed by atoms with E-state index in [1.807, 2.05) is 121 Å². The van der Waals surface area contributed by atoms with Crippen LogP contribution in [0.4, 0.5) is 23.3 Å². The van der Waals surface area contributed by atoms with E-state index in [9.17, 15) is 13.0 Å². The van der Waals surface area contributed by atoms with Crippen molar-refractivity contribution in [1.29, 1.82) is 0 Å². The number of ether oxygens (including phenoxy) is 4. The third-order valence-corrected chi connectivity index (χ3v) is 9.30. The number of para-hydroxylation sites is 4. The zero-order valence-electron chi connectivity index (χ0n) is 31.5. The van der Waals surface area contributed by atoms with Crippen LogP contribution in [0.2, 0.25) is 0 Å². The van der Waals surface area contributed by atoms with Gasteiger partial charge in [-0.2, -0.15) is 28.4 Å². The van der Waals surface area contributed by atoms with Gasteiger partial charge < -0.3 is 29.6 Å². The first-order valence-electron chi connectivity index (χ1n) is 18.4. The Balaban J connectivity index is 0.997. The molecule has 2 heterocycles. The fourth-order valence-electron chi connectivity index (χ4n) is 5.66. The van der Waals surface area contributed by atoms with E-state index >= 15 is 0 Å². The van der Waals surface area contributed by atoms with Crippen molar-refractivity contribution in [2.45, 2.75) is 4.90 Å². The highest BCUT2D eigenvalue weighted by Gasteiger charge is 2.17. The van der Waals surface area contributed by atoms with E-state index in [0.717, 1.165) is 5.56 Å². The summed E-state index contributed by atoms with van der Waals surface area (Å²) in [5, 5.41) is 6.20. The van der Waals surface area contributed by atoms with Gasteiger partial charge in [-0.3, -0.25) is 4.55 Å². The quantitative estimate of drug-likeness (QED) is 0.0661. The lowest BCUT2D eigenvalue weighted by Crippen LogP contribution is -2.04. The lowest BCUT2D eigenvalue weighted by atomic mass is 10.1. The van der Waals surface area contributed by atoms with Crippen LogP contribution in [0.3, 0.4) is 0 Å². The Morgan fingerprint density at radius 2 is 0.800 bits per heavy atom. The largest absolute Gasteiger partial charge is 0.439 e. The number of benzene rings is 6. The molecule has 0 aliphatic heterocycles. The third-order valence-electron chi connectivity index (χ3n) is 8.39. The molecule has 3 N–H and O–H groups in total. The summed E-state index contributed by atoms with van der Waals surface area (Å²) in [6.45, 7) is 0. The topological polar surface area (TPSA) is 167 Å². The first-order chi connectivity index (χ1) is 29.3. The van der Waals surface area contributed by atoms with Gasteiger partial charge in [0.05, 0.1) is 12.1 Å². The van der Waals surface area contributed by atoms with E-state index in [0.29, 0.717) is 28.7 Å². The predicted octanol–water partition coefficient (Wildman–Crippen LogP) is 11.3. The standard InChI is InChI=1S/C46H34N6O7S/c53-60(54,55)40-29-35(48-46-51-43(58-38-17-9-3-10-18-38)31-44(52-46)59-39-19-11-4-12-20-39)28-25-33(40)24-21-32-22-26-34(27-23-32)47-45-49-41(56-36-13-5-1-6-14-36)30-42(50-45)57-37-15-7-2-8-16-37/h1-31H,(H,47,49,50)(H,48,51,52)(H,53,54,55). The second-order valence-corrected chi connectivity index (χ2v) is 14.2. The molecule has 6 aromatic carbocycles. The van der Waals surface area contributed by atoms with Crippen LogP contribution >= 0.6 is 0 Å². The van der Waals surface area contributed by atoms with Gasteiger partial charge in [0, 0.05) is 11.4 Å². The SMILES string of the molecule is O=S(=O)(O)c1cc(Nc2nc(Oc3ccccc3)cc(Oc3ccccc3)n2)ccc1C=Cc1ccc(Nc2nc(Oc3ccccc3)cc(Oc3ccccc3)n2)cc1. The lowest BCUT2D eigenvalue weighted by Gasteiger charge is -2.12. The average Bonchev–Trinajstić information content (AvgIpc) is 3.25. The summed E-state index contributed by atoms with van der Waals surface area (Å²) in [7, 11) is -4.66. The molecule has 14 heteroatoms. The molecule has 0 amide bonds. The van der Waals surface area contributed by atoms with Gasteiger partial charge in [-0.25, -0.2) is 0 Å². The minimum Gasteiger partial charge on any atom is -0.439 e. The smallest absolute Gasteiger partial charge is 0.295 e. The van der Waals surface area contributed by atoms with Crippen molar-refractivity contribution in [1.82, 2.24) is 19.9 Å². The molecule has 8 rings (SSSR count). The Morgan fingerprint density at radius 1 is 0.433 bits per heavy atom. The summed E-state index contributed by atoms with van der Waals surface area (Å²) < 4.78 is 59.4. The van der Waals surface area contributed by atoms with Gasteiger partial charge in [0.25, 0.3) is 10.1 Å². The molecule has 0 radical (unpaired) electrons. The van der Waals surface area contributed by atoms with E-state index in [2.05, 4.69) is 30.6 Å². The van der Waals surface area contributed by atoms with Crippen LogP contribution < -0.4 is 29.6 Å². The molecule has 0 spiro atoms. The molecule has 13 nitrogen and oxygen atoms in total. The normalized spacial score (nSPS) is 11.2. The predicted molar refractivity (Wildman–Crippen MR) is 228 cm³/mol. The van der Waals surface area contributed by atoms with Gasteiger partial charge in [0.2, 0.25) is 35.4 Å². The molecule has 0 aliphatic carbocycles. The van der Waals surface area contributed by atoms with Gasteiger partial charge in [0.1, 0.15) is 27.9 Å². The number of nitrogens with zero attached hydrogens (tertiary/aromatic N) is 4. The molecule has 8 aromatic rings. The van der Waals surface area contributed by atoms with Crippen LogP contribution in [0.1, 0.15) is 11.1 Å². The number of nitrogens with one attached hydrogen (secondary N) is 2. The molecule has 0 saturated carbocycles. The van der Waals surface area contributed by atoms with E-state index < -0.39 is 10.1 Å². The zero-order valence-corrected chi connectivity index (χ0v) is 32.3. The molecule has 296 valence electrons. The summed E-state index contributed by atoms with van der Waals surface area (Å²) >= 11 is 0. The summed E-state index contributed by atoms with van der Waals surface area (Å²) in [4.78, 5) is 17.6. The molecule has 0 unspecified atom stereocenters. The average molecular weight is 815 g/mol. The van der Waals surface area contributed by atoms with Crippen LogP contribution in [0.15, 0.2) is 181 Å². The van der Waals surface area contributed by atoms with Crippen molar-refractivity contribution in [3.8, 4) is 46.5 Å². The van der Waals surface area contributed by atoms with Crippen LogP contribution in [-0.2, 0) is 10.1 Å². The number of hydrogen-bond donors (Lipinski definition) is 3. The monoisotopic (exact) mass is 814 g/mol. The number of anilines is 4. The van der Waals surface area contributed by atoms with Crippen molar-refractivity contribution in [2.75, 3.05) is 10.6 Å². The Bertz CT molecular complexity index is 2720. The lowest BCUT2D eigenvalue weighted by molar-refractivity contribution is 0.434. The first-order valence-corrected chi connectivity index (χ1v) is 19.8. The maximum atomic E-state index is 12.6. The first kappa shape index (κ1) is 38.8. The van der Waals surface area contributed by atoms with Crippen molar-refractivity contribution in [3.63, 3.8) is 0 Å². The summed E-state index contributed by atoms with van der Waals surface area (Å²) in [6.07, 6.45) is 3.31. The second kappa shape index (κ2) is 18.0.